The number of hydrogen-bond donors (Lipinski definition) is 0. The molecule has 0 radical (unpaired) electrons. The summed E-state index contributed by atoms with van der Waals surface area (Å²) in [6.07, 6.45) is 2.39. The molecule has 5 nitrogen and oxygen atoms in total. The summed E-state index contributed by atoms with van der Waals surface area (Å²) in [5.74, 6) is 1.04. The molecule has 5 rings (SSSR count). The lowest BCUT2D eigenvalue weighted by atomic mass is 9.98. The fourth-order valence-electron chi connectivity index (χ4n) is 4.74. The molecule has 1 fully saturated rings. The highest BCUT2D eigenvalue weighted by Crippen LogP contribution is 2.29. The third-order valence-electron chi connectivity index (χ3n) is 6.61. The Morgan fingerprint density at radius 1 is 1.09 bits per heavy atom. The molecule has 33 heavy (non-hydrogen) atoms. The van der Waals surface area contributed by atoms with E-state index in [0.29, 0.717) is 24.9 Å². The van der Waals surface area contributed by atoms with Crippen LogP contribution < -0.4 is 0 Å². The van der Waals surface area contributed by atoms with Gasteiger partial charge < -0.3 is 19.0 Å². The maximum Gasteiger partial charge on any atom is 0.271 e. The van der Waals surface area contributed by atoms with Crippen molar-refractivity contribution >= 4 is 43.6 Å². The quantitative estimate of drug-likeness (QED) is 0.285. The second-order valence-corrected chi connectivity index (χ2v) is 9.88. The predicted molar refractivity (Wildman–Crippen MR) is 137 cm³/mol. The average Bonchev–Trinajstić information content (AvgIpc) is 3.16. The number of rotatable bonds is 6. The molecule has 3 heterocycles. The average molecular weight is 503 g/mol. The largest absolute Gasteiger partial charge is 0.375 e. The molecular weight excluding hydrogens is 476 g/mol. The van der Waals surface area contributed by atoms with E-state index < -0.39 is 0 Å². The number of benzene rings is 2. The van der Waals surface area contributed by atoms with Crippen molar-refractivity contribution in [3.63, 3.8) is 0 Å². The molecular formula is C27H27BrN4O. The van der Waals surface area contributed by atoms with Crippen LogP contribution in [0.2, 0.25) is 0 Å². The standard InChI is InChI=1S/C27H27BrN4O/c1-29-26-8-7-21-15-24(18-33-17-19-9-11-31(2)12-10-19)32(27(21)30-26)16-22-14-23(28)13-20-5-3-4-6-25(20)22/h3-8,13-15,19H,9-12,16-18H2,2H3. The van der Waals surface area contributed by atoms with Gasteiger partial charge in [-0.1, -0.05) is 52.8 Å². The Morgan fingerprint density at radius 2 is 1.91 bits per heavy atom. The lowest BCUT2D eigenvalue weighted by molar-refractivity contribution is 0.0595. The summed E-state index contributed by atoms with van der Waals surface area (Å²) in [7, 11) is 2.19. The van der Waals surface area contributed by atoms with E-state index in [0.717, 1.165) is 40.9 Å². The molecule has 1 saturated heterocycles. The molecule has 0 atom stereocenters. The van der Waals surface area contributed by atoms with Crippen LogP contribution in [-0.4, -0.2) is 41.2 Å². The highest BCUT2D eigenvalue weighted by atomic mass is 79.9. The SMILES string of the molecule is [C-]#[N+]c1ccc2cc(COCC3CCN(C)CC3)n(Cc3cc(Br)cc4ccccc34)c2n1. The molecule has 4 aromatic rings. The second-order valence-electron chi connectivity index (χ2n) is 8.96. The lowest BCUT2D eigenvalue weighted by Gasteiger charge is -2.28. The van der Waals surface area contributed by atoms with Crippen molar-refractivity contribution in [3.8, 4) is 0 Å². The minimum atomic E-state index is 0.416. The highest BCUT2D eigenvalue weighted by molar-refractivity contribution is 9.10. The molecule has 1 aliphatic heterocycles. The number of pyridine rings is 1. The molecule has 0 aliphatic carbocycles. The normalized spacial score (nSPS) is 15.3. The predicted octanol–water partition coefficient (Wildman–Crippen LogP) is 6.41. The van der Waals surface area contributed by atoms with E-state index in [9.17, 15) is 0 Å². The number of ether oxygens (including phenoxy) is 1. The summed E-state index contributed by atoms with van der Waals surface area (Å²) >= 11 is 3.68. The molecule has 6 heteroatoms. The molecule has 0 spiro atoms. The first-order valence-electron chi connectivity index (χ1n) is 11.4. The smallest absolute Gasteiger partial charge is 0.271 e. The van der Waals surface area contributed by atoms with Gasteiger partial charge in [0.2, 0.25) is 5.65 Å². The monoisotopic (exact) mass is 502 g/mol. The Bertz CT molecular complexity index is 1330. The van der Waals surface area contributed by atoms with Gasteiger partial charge in [-0.05, 0) is 79.5 Å². The van der Waals surface area contributed by atoms with E-state index in [2.05, 4.69) is 84.7 Å². The van der Waals surface area contributed by atoms with Crippen molar-refractivity contribution in [1.29, 1.82) is 0 Å². The Hall–Kier alpha value is -2.72. The fourth-order valence-corrected chi connectivity index (χ4v) is 5.26. The highest BCUT2D eigenvalue weighted by Gasteiger charge is 2.19. The molecule has 2 aromatic carbocycles. The van der Waals surface area contributed by atoms with Crippen LogP contribution in [0.5, 0.6) is 0 Å². The van der Waals surface area contributed by atoms with Gasteiger partial charge in [-0.15, -0.1) is 4.98 Å². The first-order valence-corrected chi connectivity index (χ1v) is 12.2. The van der Waals surface area contributed by atoms with Gasteiger partial charge in [0.15, 0.2) is 0 Å². The van der Waals surface area contributed by atoms with Crippen molar-refractivity contribution < 1.29 is 4.74 Å². The molecule has 0 saturated carbocycles. The van der Waals surface area contributed by atoms with Crippen LogP contribution in [-0.2, 0) is 17.9 Å². The van der Waals surface area contributed by atoms with Crippen molar-refractivity contribution in [2.45, 2.75) is 26.0 Å². The third-order valence-corrected chi connectivity index (χ3v) is 7.07. The molecule has 1 aliphatic rings. The van der Waals surface area contributed by atoms with Crippen LogP contribution in [0.3, 0.4) is 0 Å². The first kappa shape index (κ1) is 22.1. The first-order chi connectivity index (χ1) is 16.1. The van der Waals surface area contributed by atoms with E-state index in [-0.39, 0.29) is 0 Å². The zero-order valence-corrected chi connectivity index (χ0v) is 20.4. The zero-order chi connectivity index (χ0) is 22.8. The van der Waals surface area contributed by atoms with E-state index in [4.69, 9.17) is 11.3 Å². The summed E-state index contributed by atoms with van der Waals surface area (Å²) in [5.41, 5.74) is 3.14. The summed E-state index contributed by atoms with van der Waals surface area (Å²) < 4.78 is 9.51. The van der Waals surface area contributed by atoms with Gasteiger partial charge in [0.1, 0.15) is 0 Å². The number of piperidine rings is 1. The van der Waals surface area contributed by atoms with Crippen LogP contribution >= 0.6 is 15.9 Å². The summed E-state index contributed by atoms with van der Waals surface area (Å²) in [5, 5.41) is 3.47. The Morgan fingerprint density at radius 3 is 2.73 bits per heavy atom. The Kier molecular flexibility index (Phi) is 6.45. The minimum absolute atomic E-state index is 0.416. The van der Waals surface area contributed by atoms with Crippen molar-refractivity contribution in [3.05, 3.63) is 81.7 Å². The Balaban J connectivity index is 1.47. The number of likely N-dealkylation sites (tertiary alicyclic amines) is 1. The van der Waals surface area contributed by atoms with Crippen LogP contribution in [0.25, 0.3) is 26.7 Å². The van der Waals surface area contributed by atoms with Crippen molar-refractivity contribution in [2.24, 2.45) is 5.92 Å². The van der Waals surface area contributed by atoms with Crippen LogP contribution in [0.15, 0.2) is 59.1 Å². The van der Waals surface area contributed by atoms with Gasteiger partial charge in [0.05, 0.1) is 19.8 Å². The van der Waals surface area contributed by atoms with E-state index in [1.165, 1.54) is 29.2 Å². The molecule has 168 valence electrons. The molecule has 0 unspecified atom stereocenters. The maximum atomic E-state index is 7.41. The number of aromatic nitrogens is 2. The molecule has 2 aromatic heterocycles. The molecule has 0 bridgehead atoms. The number of nitrogens with zero attached hydrogens (tertiary/aromatic N) is 4. The summed E-state index contributed by atoms with van der Waals surface area (Å²) in [6, 6.07) is 18.7. The van der Waals surface area contributed by atoms with Gasteiger partial charge in [0, 0.05) is 15.6 Å². The van der Waals surface area contributed by atoms with Crippen LogP contribution in [0.1, 0.15) is 24.1 Å². The van der Waals surface area contributed by atoms with E-state index in [1.807, 2.05) is 6.07 Å². The summed E-state index contributed by atoms with van der Waals surface area (Å²) in [6.45, 7) is 11.7. The fraction of sp³-hybridized carbons (Fsp3) is 0.333. The van der Waals surface area contributed by atoms with E-state index in [1.54, 1.807) is 6.07 Å². The van der Waals surface area contributed by atoms with Crippen LogP contribution in [0.4, 0.5) is 5.82 Å². The minimum Gasteiger partial charge on any atom is -0.375 e. The number of fused-ring (bicyclic) bond motifs is 2. The maximum absolute atomic E-state index is 7.41. The Labute approximate surface area is 202 Å². The van der Waals surface area contributed by atoms with Gasteiger partial charge in [-0.3, -0.25) is 0 Å². The van der Waals surface area contributed by atoms with Crippen molar-refractivity contribution in [2.75, 3.05) is 26.7 Å². The van der Waals surface area contributed by atoms with Gasteiger partial charge >= 0.3 is 0 Å². The topological polar surface area (TPSA) is 34.6 Å². The van der Waals surface area contributed by atoms with Crippen LogP contribution in [0, 0.1) is 12.5 Å². The second kappa shape index (κ2) is 9.64. The molecule has 0 amide bonds. The lowest BCUT2D eigenvalue weighted by Crippen LogP contribution is -2.32. The van der Waals surface area contributed by atoms with Gasteiger partial charge in [0.25, 0.3) is 5.82 Å². The third kappa shape index (κ3) is 4.81. The molecule has 0 N–H and O–H groups in total. The summed E-state index contributed by atoms with van der Waals surface area (Å²) in [4.78, 5) is 10.6. The van der Waals surface area contributed by atoms with E-state index >= 15 is 0 Å². The van der Waals surface area contributed by atoms with Gasteiger partial charge in [-0.25, -0.2) is 0 Å². The van der Waals surface area contributed by atoms with Crippen molar-refractivity contribution in [1.82, 2.24) is 14.5 Å². The number of halogens is 1. The van der Waals surface area contributed by atoms with Gasteiger partial charge in [-0.2, -0.15) is 0 Å². The zero-order valence-electron chi connectivity index (χ0n) is 18.8. The number of hydrogen-bond acceptors (Lipinski definition) is 3.